The van der Waals surface area contributed by atoms with Crippen LogP contribution in [0.3, 0.4) is 0 Å². The highest BCUT2D eigenvalue weighted by Crippen LogP contribution is 2.37. The maximum Gasteiger partial charge on any atom is 0.326 e. The fourth-order valence-electron chi connectivity index (χ4n) is 6.41. The minimum Gasteiger partial charge on any atom is -0.355 e. The highest BCUT2D eigenvalue weighted by atomic mass is 16.2. The molecule has 0 saturated carbocycles. The van der Waals surface area contributed by atoms with E-state index >= 15 is 0 Å². The van der Waals surface area contributed by atoms with Crippen molar-refractivity contribution in [3.63, 3.8) is 0 Å². The summed E-state index contributed by atoms with van der Waals surface area (Å²) >= 11 is 0. The fraction of sp³-hybridized carbons (Fsp3) is 0.211. The molecule has 8 amide bonds. The zero-order valence-electron chi connectivity index (χ0n) is 27.1. The Labute approximate surface area is 288 Å². The molecule has 2 fully saturated rings. The summed E-state index contributed by atoms with van der Waals surface area (Å²) in [5, 5.41) is 11.1. The van der Waals surface area contributed by atoms with Crippen molar-refractivity contribution < 1.29 is 28.8 Å². The molecule has 4 N–H and O–H groups in total. The zero-order valence-corrected chi connectivity index (χ0v) is 27.1. The average Bonchev–Trinajstić information content (AvgIpc) is 3.55. The lowest BCUT2D eigenvalue weighted by Gasteiger charge is -2.28. The molecule has 2 saturated heterocycles. The van der Waals surface area contributed by atoms with Gasteiger partial charge in [0.2, 0.25) is 11.8 Å². The number of urea groups is 2. The van der Waals surface area contributed by atoms with E-state index < -0.39 is 59.9 Å². The Balaban J connectivity index is 0.979. The Morgan fingerprint density at radius 1 is 0.480 bits per heavy atom. The molecule has 2 aliphatic rings. The summed E-state index contributed by atoms with van der Waals surface area (Å²) in [6.07, 6.45) is 0.969. The summed E-state index contributed by atoms with van der Waals surface area (Å²) in [5.41, 5.74) is -0.592. The summed E-state index contributed by atoms with van der Waals surface area (Å²) < 4.78 is 0. The van der Waals surface area contributed by atoms with E-state index in [-0.39, 0.29) is 13.1 Å². The Bertz CT molecular complexity index is 1670. The van der Waals surface area contributed by atoms with Crippen molar-refractivity contribution in [1.82, 2.24) is 31.1 Å². The topological polar surface area (TPSA) is 157 Å². The van der Waals surface area contributed by atoms with Crippen LogP contribution in [0.1, 0.15) is 35.1 Å². The van der Waals surface area contributed by atoms with Crippen molar-refractivity contribution in [3.8, 4) is 0 Å². The molecular formula is C38H36N6O6. The molecule has 254 valence electrons. The summed E-state index contributed by atoms with van der Waals surface area (Å²) in [6, 6.07) is 34.2. The van der Waals surface area contributed by atoms with Crippen LogP contribution in [0, 0.1) is 0 Å². The van der Waals surface area contributed by atoms with Gasteiger partial charge in [-0.1, -0.05) is 121 Å². The first kappa shape index (κ1) is 33.6. The normalized spacial score (nSPS) is 16.2. The predicted octanol–water partition coefficient (Wildman–Crippen LogP) is 2.99. The van der Waals surface area contributed by atoms with E-state index in [4.69, 9.17) is 0 Å². The van der Waals surface area contributed by atoms with Crippen molar-refractivity contribution in [3.05, 3.63) is 144 Å². The van der Waals surface area contributed by atoms with Crippen LogP contribution in [0.2, 0.25) is 0 Å². The molecule has 0 aromatic heterocycles. The molecule has 12 nitrogen and oxygen atoms in total. The van der Waals surface area contributed by atoms with Crippen LogP contribution in [0.15, 0.2) is 121 Å². The second-order valence-corrected chi connectivity index (χ2v) is 12.0. The average molecular weight is 673 g/mol. The van der Waals surface area contributed by atoms with Gasteiger partial charge in [-0.15, -0.1) is 0 Å². The van der Waals surface area contributed by atoms with Crippen molar-refractivity contribution in [2.45, 2.75) is 23.9 Å². The van der Waals surface area contributed by atoms with E-state index in [1.165, 1.54) is 0 Å². The quantitative estimate of drug-likeness (QED) is 0.126. The fourth-order valence-corrected chi connectivity index (χ4v) is 6.41. The van der Waals surface area contributed by atoms with Gasteiger partial charge in [-0.25, -0.2) is 9.59 Å². The largest absolute Gasteiger partial charge is 0.355 e. The molecule has 6 rings (SSSR count). The van der Waals surface area contributed by atoms with Gasteiger partial charge in [-0.05, 0) is 35.1 Å². The van der Waals surface area contributed by atoms with E-state index in [0.29, 0.717) is 35.1 Å². The van der Waals surface area contributed by atoms with Gasteiger partial charge in [0.25, 0.3) is 11.8 Å². The summed E-state index contributed by atoms with van der Waals surface area (Å²) in [6.45, 7) is -0.431. The van der Waals surface area contributed by atoms with Gasteiger partial charge < -0.3 is 21.3 Å². The van der Waals surface area contributed by atoms with E-state index in [9.17, 15) is 28.8 Å². The summed E-state index contributed by atoms with van der Waals surface area (Å²) in [7, 11) is 0. The SMILES string of the molecule is O=C(CN1C(=O)NC(c2ccccc2)(c2ccccc2)C1=O)NCCCCNC(=O)CN1C(=O)NC(c2ccccc2)(c2ccccc2)C1=O. The van der Waals surface area contributed by atoms with Crippen molar-refractivity contribution >= 4 is 35.7 Å². The first-order valence-corrected chi connectivity index (χ1v) is 16.3. The third-order valence-corrected chi connectivity index (χ3v) is 8.89. The predicted molar refractivity (Wildman–Crippen MR) is 183 cm³/mol. The highest BCUT2D eigenvalue weighted by molar-refractivity contribution is 6.12. The highest BCUT2D eigenvalue weighted by Gasteiger charge is 2.55. The van der Waals surface area contributed by atoms with E-state index in [2.05, 4.69) is 21.3 Å². The maximum atomic E-state index is 13.8. The van der Waals surface area contributed by atoms with Crippen LogP contribution < -0.4 is 21.3 Å². The lowest BCUT2D eigenvalue weighted by atomic mass is 9.82. The molecule has 0 atom stereocenters. The number of carbonyl (C=O) groups is 6. The number of unbranched alkanes of at least 4 members (excludes halogenated alkanes) is 1. The molecule has 12 heteroatoms. The second kappa shape index (κ2) is 14.4. The third kappa shape index (κ3) is 6.30. The lowest BCUT2D eigenvalue weighted by Crippen LogP contribution is -2.46. The second-order valence-electron chi connectivity index (χ2n) is 12.0. The van der Waals surface area contributed by atoms with Gasteiger partial charge in [0, 0.05) is 13.1 Å². The lowest BCUT2D eigenvalue weighted by molar-refractivity contribution is -0.134. The van der Waals surface area contributed by atoms with Gasteiger partial charge >= 0.3 is 12.1 Å². The number of rotatable bonds is 13. The van der Waals surface area contributed by atoms with Crippen LogP contribution in [-0.2, 0) is 30.3 Å². The van der Waals surface area contributed by atoms with E-state index in [1.54, 1.807) is 97.1 Å². The molecule has 0 radical (unpaired) electrons. The molecule has 4 aromatic carbocycles. The summed E-state index contributed by atoms with van der Waals surface area (Å²) in [5.74, 6) is -2.11. The van der Waals surface area contributed by atoms with Crippen molar-refractivity contribution in [1.29, 1.82) is 0 Å². The first-order chi connectivity index (χ1) is 24.3. The number of nitrogens with zero attached hydrogens (tertiary/aromatic N) is 2. The number of amides is 8. The molecule has 50 heavy (non-hydrogen) atoms. The molecule has 0 aliphatic carbocycles. The molecule has 0 spiro atoms. The van der Waals surface area contributed by atoms with Gasteiger partial charge in [-0.3, -0.25) is 29.0 Å². The third-order valence-electron chi connectivity index (χ3n) is 8.89. The van der Waals surface area contributed by atoms with Gasteiger partial charge in [0.1, 0.15) is 13.1 Å². The molecule has 2 heterocycles. The molecular weight excluding hydrogens is 636 g/mol. The van der Waals surface area contributed by atoms with Crippen molar-refractivity contribution in [2.75, 3.05) is 26.2 Å². The van der Waals surface area contributed by atoms with Gasteiger partial charge in [0.05, 0.1) is 0 Å². The first-order valence-electron chi connectivity index (χ1n) is 16.3. The minimum atomic E-state index is -1.46. The van der Waals surface area contributed by atoms with Crippen molar-refractivity contribution in [2.24, 2.45) is 0 Å². The number of hydrogen-bond donors (Lipinski definition) is 4. The minimum absolute atomic E-state index is 0.241. The summed E-state index contributed by atoms with van der Waals surface area (Å²) in [4.78, 5) is 81.0. The Hall–Kier alpha value is -6.30. The van der Waals surface area contributed by atoms with E-state index in [0.717, 1.165) is 9.80 Å². The van der Waals surface area contributed by atoms with Crippen LogP contribution in [-0.4, -0.2) is 71.7 Å². The molecule has 4 aromatic rings. The van der Waals surface area contributed by atoms with Crippen LogP contribution in [0.4, 0.5) is 9.59 Å². The Morgan fingerprint density at radius 2 is 0.760 bits per heavy atom. The molecule has 0 unspecified atom stereocenters. The Morgan fingerprint density at radius 3 is 1.04 bits per heavy atom. The maximum absolute atomic E-state index is 13.8. The number of hydrogen-bond acceptors (Lipinski definition) is 6. The standard InChI is InChI=1S/C38H36N6O6/c45-31(25-43-33(47)37(41-35(43)49,27-15-5-1-6-16-27)28-17-7-2-8-18-28)39-23-13-14-24-40-32(46)26-44-34(48)38(42-36(44)50,29-19-9-3-10-20-29)30-21-11-4-12-22-30/h1-12,15-22H,13-14,23-26H2,(H,39,45)(H,40,46)(H,41,49)(H,42,50). The zero-order chi connectivity index (χ0) is 35.1. The molecule has 2 aliphatic heterocycles. The number of imide groups is 2. The Kier molecular flexibility index (Phi) is 9.70. The monoisotopic (exact) mass is 672 g/mol. The van der Waals surface area contributed by atoms with Crippen LogP contribution in [0.5, 0.6) is 0 Å². The van der Waals surface area contributed by atoms with Crippen LogP contribution >= 0.6 is 0 Å². The van der Waals surface area contributed by atoms with Gasteiger partial charge in [-0.2, -0.15) is 0 Å². The number of nitrogens with one attached hydrogen (secondary N) is 4. The number of carbonyl (C=O) groups excluding carboxylic acids is 6. The smallest absolute Gasteiger partial charge is 0.326 e. The van der Waals surface area contributed by atoms with Crippen LogP contribution in [0.25, 0.3) is 0 Å². The number of benzene rings is 4. The molecule has 0 bridgehead atoms. The van der Waals surface area contributed by atoms with Gasteiger partial charge in [0.15, 0.2) is 11.1 Å². The van der Waals surface area contributed by atoms with E-state index in [1.807, 2.05) is 24.3 Å².